The van der Waals surface area contributed by atoms with E-state index < -0.39 is 0 Å². The van der Waals surface area contributed by atoms with Crippen LogP contribution in [0.4, 0.5) is 5.69 Å². The summed E-state index contributed by atoms with van der Waals surface area (Å²) in [6.45, 7) is 8.07. The van der Waals surface area contributed by atoms with E-state index in [1.165, 1.54) is 16.8 Å². The van der Waals surface area contributed by atoms with E-state index in [-0.39, 0.29) is 0 Å². The van der Waals surface area contributed by atoms with Crippen molar-refractivity contribution in [2.45, 2.75) is 19.6 Å². The van der Waals surface area contributed by atoms with Gasteiger partial charge in [-0.2, -0.15) is 0 Å². The molecule has 1 fully saturated rings. The van der Waals surface area contributed by atoms with E-state index in [4.69, 9.17) is 21.9 Å². The van der Waals surface area contributed by atoms with Gasteiger partial charge in [-0.05, 0) is 61.4 Å². The molecule has 29 heavy (non-hydrogen) atoms. The van der Waals surface area contributed by atoms with Crippen LogP contribution in [0, 0.1) is 13.8 Å². The second-order valence-electron chi connectivity index (χ2n) is 7.36. The third kappa shape index (κ3) is 4.51. The standard InChI is InChI=1S/C22H26N4OS2/c1-15-12-19-20(13-16(15)2)24-21(23-19)14-29-22(28)26-10-8-25(9-11-26)17-4-6-18(27-3)7-5-17/h4-7,12-13H,8-11,14H2,1-3H3,(H,23,24). The van der Waals surface area contributed by atoms with Crippen LogP contribution < -0.4 is 9.64 Å². The Balaban J connectivity index is 1.30. The molecule has 152 valence electrons. The second kappa shape index (κ2) is 8.63. The summed E-state index contributed by atoms with van der Waals surface area (Å²) in [5.41, 5.74) is 5.92. The summed E-state index contributed by atoms with van der Waals surface area (Å²) in [5.74, 6) is 2.64. The molecule has 0 atom stereocenters. The lowest BCUT2D eigenvalue weighted by Crippen LogP contribution is -2.47. The number of ether oxygens (including phenoxy) is 1. The Kier molecular flexibility index (Phi) is 5.96. The van der Waals surface area contributed by atoms with Crippen LogP contribution in [0.15, 0.2) is 36.4 Å². The summed E-state index contributed by atoms with van der Waals surface area (Å²) in [4.78, 5) is 12.9. The molecular weight excluding hydrogens is 400 g/mol. The van der Waals surface area contributed by atoms with E-state index in [1.54, 1.807) is 18.9 Å². The molecule has 3 aromatic rings. The number of nitrogens with zero attached hydrogens (tertiary/aromatic N) is 3. The highest BCUT2D eigenvalue weighted by molar-refractivity contribution is 8.22. The van der Waals surface area contributed by atoms with Crippen molar-refractivity contribution in [2.75, 3.05) is 38.2 Å². The Morgan fingerprint density at radius 1 is 1.10 bits per heavy atom. The summed E-state index contributed by atoms with van der Waals surface area (Å²) in [6, 6.07) is 12.6. The zero-order valence-electron chi connectivity index (χ0n) is 17.1. The van der Waals surface area contributed by atoms with Crippen molar-refractivity contribution in [1.29, 1.82) is 0 Å². The van der Waals surface area contributed by atoms with Gasteiger partial charge in [0, 0.05) is 31.9 Å². The van der Waals surface area contributed by atoms with Crippen LogP contribution in [0.25, 0.3) is 11.0 Å². The first-order valence-electron chi connectivity index (χ1n) is 9.80. The zero-order valence-corrected chi connectivity index (χ0v) is 18.7. The fraction of sp³-hybridized carbons (Fsp3) is 0.364. The minimum Gasteiger partial charge on any atom is -0.497 e. The van der Waals surface area contributed by atoms with Crippen molar-refractivity contribution in [1.82, 2.24) is 14.9 Å². The highest BCUT2D eigenvalue weighted by Crippen LogP contribution is 2.24. The van der Waals surface area contributed by atoms with Gasteiger partial charge in [0.1, 0.15) is 15.9 Å². The molecule has 2 aromatic carbocycles. The first-order valence-corrected chi connectivity index (χ1v) is 11.2. The Hall–Kier alpha value is -2.25. The summed E-state index contributed by atoms with van der Waals surface area (Å²) < 4.78 is 6.20. The molecule has 1 aliphatic heterocycles. The summed E-state index contributed by atoms with van der Waals surface area (Å²) in [7, 11) is 1.69. The molecule has 1 aliphatic rings. The van der Waals surface area contributed by atoms with E-state index in [2.05, 4.69) is 52.9 Å². The average molecular weight is 427 g/mol. The summed E-state index contributed by atoms with van der Waals surface area (Å²) >= 11 is 7.39. The highest BCUT2D eigenvalue weighted by Gasteiger charge is 2.20. The lowest BCUT2D eigenvalue weighted by Gasteiger charge is -2.37. The first kappa shape index (κ1) is 20.0. The molecule has 7 heteroatoms. The number of imidazole rings is 1. The number of hydrogen-bond acceptors (Lipinski definition) is 5. The fourth-order valence-corrected chi connectivity index (χ4v) is 4.67. The number of hydrogen-bond donors (Lipinski definition) is 1. The van der Waals surface area contributed by atoms with Crippen LogP contribution in [-0.2, 0) is 5.75 Å². The van der Waals surface area contributed by atoms with Gasteiger partial charge in [0.2, 0.25) is 0 Å². The monoisotopic (exact) mass is 426 g/mol. The van der Waals surface area contributed by atoms with Gasteiger partial charge in [-0.25, -0.2) is 4.98 Å². The quantitative estimate of drug-likeness (QED) is 0.619. The third-order valence-corrected chi connectivity index (χ3v) is 6.99. The van der Waals surface area contributed by atoms with Gasteiger partial charge in [-0.1, -0.05) is 24.0 Å². The second-order valence-corrected chi connectivity index (χ2v) is 8.97. The van der Waals surface area contributed by atoms with Crippen molar-refractivity contribution < 1.29 is 4.74 Å². The minimum atomic E-state index is 0.768. The predicted molar refractivity (Wildman–Crippen MR) is 126 cm³/mol. The number of benzene rings is 2. The molecule has 0 amide bonds. The molecule has 5 nitrogen and oxygen atoms in total. The number of rotatable bonds is 4. The number of nitrogens with one attached hydrogen (secondary N) is 1. The maximum atomic E-state index is 5.70. The number of aromatic amines is 1. The molecular formula is C22H26N4OS2. The molecule has 0 spiro atoms. The molecule has 0 bridgehead atoms. The van der Waals surface area contributed by atoms with Crippen LogP contribution in [0.2, 0.25) is 0 Å². The molecule has 0 radical (unpaired) electrons. The lowest BCUT2D eigenvalue weighted by molar-refractivity contribution is 0.397. The molecule has 0 aliphatic carbocycles. The van der Waals surface area contributed by atoms with E-state index in [0.717, 1.165) is 58.9 Å². The van der Waals surface area contributed by atoms with E-state index >= 15 is 0 Å². The van der Waals surface area contributed by atoms with Crippen LogP contribution in [0.1, 0.15) is 17.0 Å². The number of aromatic nitrogens is 2. The van der Waals surface area contributed by atoms with Crippen molar-refractivity contribution in [3.05, 3.63) is 53.3 Å². The maximum Gasteiger partial charge on any atom is 0.136 e. The number of fused-ring (bicyclic) bond motifs is 1. The zero-order chi connectivity index (χ0) is 20.4. The number of piperazine rings is 1. The minimum absolute atomic E-state index is 0.768. The Bertz CT molecular complexity index is 969. The Labute approximate surface area is 181 Å². The van der Waals surface area contributed by atoms with Gasteiger partial charge in [-0.3, -0.25) is 0 Å². The topological polar surface area (TPSA) is 44.4 Å². The van der Waals surface area contributed by atoms with Gasteiger partial charge in [0.25, 0.3) is 0 Å². The normalized spacial score (nSPS) is 14.4. The van der Waals surface area contributed by atoms with Crippen LogP contribution in [-0.4, -0.2) is 52.5 Å². The highest BCUT2D eigenvalue weighted by atomic mass is 32.2. The Morgan fingerprint density at radius 3 is 2.48 bits per heavy atom. The number of anilines is 1. The average Bonchev–Trinajstić information content (AvgIpc) is 3.14. The van der Waals surface area contributed by atoms with Crippen LogP contribution in [0.5, 0.6) is 5.75 Å². The van der Waals surface area contributed by atoms with Crippen LogP contribution in [0.3, 0.4) is 0 Å². The largest absolute Gasteiger partial charge is 0.497 e. The number of thioether (sulfide) groups is 1. The van der Waals surface area contributed by atoms with Gasteiger partial charge >= 0.3 is 0 Å². The number of H-pyrrole nitrogens is 1. The molecule has 0 saturated carbocycles. The van der Waals surface area contributed by atoms with E-state index in [0.29, 0.717) is 0 Å². The lowest BCUT2D eigenvalue weighted by atomic mass is 10.1. The van der Waals surface area contributed by atoms with Crippen molar-refractivity contribution in [2.24, 2.45) is 0 Å². The van der Waals surface area contributed by atoms with E-state index in [1.807, 2.05) is 12.1 Å². The van der Waals surface area contributed by atoms with Crippen molar-refractivity contribution in [3.8, 4) is 5.75 Å². The number of methoxy groups -OCH3 is 1. The van der Waals surface area contributed by atoms with Crippen molar-refractivity contribution in [3.63, 3.8) is 0 Å². The van der Waals surface area contributed by atoms with Gasteiger partial charge in [0.15, 0.2) is 0 Å². The fourth-order valence-electron chi connectivity index (χ4n) is 3.55. The SMILES string of the molecule is COc1ccc(N2CCN(C(=S)SCc3nc4cc(C)c(C)cc4[nH]3)CC2)cc1. The third-order valence-electron chi connectivity index (χ3n) is 5.45. The first-order chi connectivity index (χ1) is 14.0. The van der Waals surface area contributed by atoms with Gasteiger partial charge < -0.3 is 19.5 Å². The molecule has 0 unspecified atom stereocenters. The molecule has 1 saturated heterocycles. The number of aryl methyl sites for hydroxylation is 2. The summed E-state index contributed by atoms with van der Waals surface area (Å²) in [6.07, 6.45) is 0. The van der Waals surface area contributed by atoms with Gasteiger partial charge in [-0.15, -0.1) is 0 Å². The summed E-state index contributed by atoms with van der Waals surface area (Å²) in [5, 5.41) is 0. The molecule has 2 heterocycles. The molecule has 1 aromatic heterocycles. The van der Waals surface area contributed by atoms with Gasteiger partial charge in [0.05, 0.1) is 23.9 Å². The smallest absolute Gasteiger partial charge is 0.136 e. The number of thiocarbonyl (C=S) groups is 1. The molecule has 1 N–H and O–H groups in total. The predicted octanol–water partition coefficient (Wildman–Crippen LogP) is 4.53. The Morgan fingerprint density at radius 2 is 1.79 bits per heavy atom. The van der Waals surface area contributed by atoms with E-state index in [9.17, 15) is 0 Å². The van der Waals surface area contributed by atoms with Crippen LogP contribution >= 0.6 is 24.0 Å². The van der Waals surface area contributed by atoms with Crippen molar-refractivity contribution >= 4 is 45.0 Å². The maximum absolute atomic E-state index is 5.70. The molecule has 4 rings (SSSR count).